The predicted octanol–water partition coefficient (Wildman–Crippen LogP) is 1.46. The Morgan fingerprint density at radius 1 is 1.53 bits per heavy atom. The van der Waals surface area contributed by atoms with Crippen molar-refractivity contribution in [3.05, 3.63) is 28.8 Å². The third-order valence-corrected chi connectivity index (χ3v) is 3.46. The molecule has 0 saturated carbocycles. The number of phenolic OH excluding ortho intramolecular Hbond substituents is 1. The maximum absolute atomic E-state index is 12.1. The number of likely N-dealkylation sites (tertiary alicyclic amines) is 1. The van der Waals surface area contributed by atoms with Gasteiger partial charge in [-0.1, -0.05) is 18.5 Å². The van der Waals surface area contributed by atoms with Crippen LogP contribution in [-0.2, 0) is 0 Å². The van der Waals surface area contributed by atoms with E-state index < -0.39 is 0 Å². The molecule has 0 aliphatic carbocycles. The van der Waals surface area contributed by atoms with Crippen molar-refractivity contribution in [1.82, 2.24) is 4.90 Å². The summed E-state index contributed by atoms with van der Waals surface area (Å²) >= 11 is 5.78. The van der Waals surface area contributed by atoms with Crippen LogP contribution >= 0.6 is 11.6 Å². The first-order chi connectivity index (χ1) is 7.99. The average Bonchev–Trinajstić information content (AvgIpc) is 2.62. The summed E-state index contributed by atoms with van der Waals surface area (Å²) in [5.74, 6) is 0.202. The van der Waals surface area contributed by atoms with Gasteiger partial charge in [0, 0.05) is 24.7 Å². The summed E-state index contributed by atoms with van der Waals surface area (Å²) in [6.45, 7) is 3.26. The van der Waals surface area contributed by atoms with Gasteiger partial charge in [-0.25, -0.2) is 0 Å². The largest absolute Gasteiger partial charge is 0.506 e. The maximum atomic E-state index is 12.1. The Hall–Kier alpha value is -1.26. The Balaban J connectivity index is 2.17. The molecule has 3 N–H and O–H groups in total. The highest BCUT2D eigenvalue weighted by atomic mass is 35.5. The molecule has 17 heavy (non-hydrogen) atoms. The lowest BCUT2D eigenvalue weighted by Crippen LogP contribution is -2.32. The van der Waals surface area contributed by atoms with E-state index in [1.807, 2.05) is 6.92 Å². The van der Waals surface area contributed by atoms with Crippen LogP contribution in [0.2, 0.25) is 5.02 Å². The lowest BCUT2D eigenvalue weighted by molar-refractivity contribution is 0.0787. The summed E-state index contributed by atoms with van der Waals surface area (Å²) in [6.07, 6.45) is 0. The van der Waals surface area contributed by atoms with Crippen LogP contribution in [0.25, 0.3) is 0 Å². The normalized spacial score (nSPS) is 24.1. The smallest absolute Gasteiger partial charge is 0.253 e. The SMILES string of the molecule is CC1CN(C(=O)c2ccc(O)c(Cl)c2)CC1N. The van der Waals surface area contributed by atoms with Gasteiger partial charge < -0.3 is 15.7 Å². The molecule has 1 aromatic carbocycles. The molecular formula is C12H15ClN2O2. The second-order valence-corrected chi connectivity index (χ2v) is 4.92. The number of hydrogen-bond donors (Lipinski definition) is 2. The van der Waals surface area contributed by atoms with Gasteiger partial charge in [0.25, 0.3) is 5.91 Å². The van der Waals surface area contributed by atoms with E-state index in [9.17, 15) is 9.90 Å². The monoisotopic (exact) mass is 254 g/mol. The molecule has 1 aliphatic heterocycles. The van der Waals surface area contributed by atoms with Gasteiger partial charge in [-0.2, -0.15) is 0 Å². The molecule has 0 bridgehead atoms. The number of phenols is 1. The fourth-order valence-electron chi connectivity index (χ4n) is 1.98. The van der Waals surface area contributed by atoms with Crippen molar-refractivity contribution in [3.8, 4) is 5.75 Å². The molecule has 0 radical (unpaired) electrons. The van der Waals surface area contributed by atoms with Crippen LogP contribution in [0.1, 0.15) is 17.3 Å². The van der Waals surface area contributed by atoms with Gasteiger partial charge in [-0.15, -0.1) is 0 Å². The number of halogens is 1. The van der Waals surface area contributed by atoms with Gasteiger partial charge in [-0.3, -0.25) is 4.79 Å². The number of hydrogen-bond acceptors (Lipinski definition) is 3. The van der Waals surface area contributed by atoms with Crippen molar-refractivity contribution in [3.63, 3.8) is 0 Å². The minimum atomic E-state index is -0.0910. The Morgan fingerprint density at radius 3 is 2.76 bits per heavy atom. The highest BCUT2D eigenvalue weighted by Gasteiger charge is 2.30. The second-order valence-electron chi connectivity index (χ2n) is 4.52. The molecule has 2 unspecified atom stereocenters. The number of amides is 1. The van der Waals surface area contributed by atoms with Gasteiger partial charge in [-0.05, 0) is 24.1 Å². The lowest BCUT2D eigenvalue weighted by Gasteiger charge is -2.16. The summed E-state index contributed by atoms with van der Waals surface area (Å²) in [6, 6.07) is 4.51. The van der Waals surface area contributed by atoms with Gasteiger partial charge in [0.15, 0.2) is 0 Å². The third-order valence-electron chi connectivity index (χ3n) is 3.15. The molecule has 4 nitrogen and oxygen atoms in total. The molecule has 92 valence electrons. The molecule has 2 rings (SSSR count). The first-order valence-electron chi connectivity index (χ1n) is 5.52. The van der Waals surface area contributed by atoms with E-state index in [2.05, 4.69) is 0 Å². The summed E-state index contributed by atoms with van der Waals surface area (Å²) in [4.78, 5) is 13.9. The minimum absolute atomic E-state index is 0.0188. The maximum Gasteiger partial charge on any atom is 0.253 e. The van der Waals surface area contributed by atoms with E-state index in [4.69, 9.17) is 17.3 Å². The molecule has 1 aliphatic rings. The van der Waals surface area contributed by atoms with E-state index in [0.717, 1.165) is 0 Å². The zero-order valence-electron chi connectivity index (χ0n) is 9.56. The Morgan fingerprint density at radius 2 is 2.24 bits per heavy atom. The first-order valence-corrected chi connectivity index (χ1v) is 5.90. The van der Waals surface area contributed by atoms with Crippen molar-refractivity contribution >= 4 is 17.5 Å². The van der Waals surface area contributed by atoms with Crippen LogP contribution in [0.15, 0.2) is 18.2 Å². The van der Waals surface area contributed by atoms with E-state index in [1.54, 1.807) is 11.0 Å². The van der Waals surface area contributed by atoms with Crippen molar-refractivity contribution in [2.75, 3.05) is 13.1 Å². The van der Waals surface area contributed by atoms with Crippen LogP contribution in [0, 0.1) is 5.92 Å². The molecule has 1 heterocycles. The predicted molar refractivity (Wildman–Crippen MR) is 66.2 cm³/mol. The van der Waals surface area contributed by atoms with E-state index >= 15 is 0 Å². The summed E-state index contributed by atoms with van der Waals surface area (Å²) in [5.41, 5.74) is 6.36. The molecule has 0 spiro atoms. The third kappa shape index (κ3) is 2.37. The molecule has 5 heteroatoms. The van der Waals surface area contributed by atoms with E-state index in [1.165, 1.54) is 12.1 Å². The Kier molecular flexibility index (Phi) is 3.26. The zero-order chi connectivity index (χ0) is 12.6. The van der Waals surface area contributed by atoms with Crippen LogP contribution in [0.5, 0.6) is 5.75 Å². The van der Waals surface area contributed by atoms with Gasteiger partial charge in [0.05, 0.1) is 5.02 Å². The summed E-state index contributed by atoms with van der Waals surface area (Å²) in [5, 5.41) is 9.49. The Labute approximate surface area is 105 Å². The number of aromatic hydroxyl groups is 1. The second kappa shape index (κ2) is 4.55. The number of carbonyl (C=O) groups is 1. The van der Waals surface area contributed by atoms with E-state index in [-0.39, 0.29) is 22.7 Å². The Bertz CT molecular complexity index is 440. The lowest BCUT2D eigenvalue weighted by atomic mass is 10.1. The molecule has 1 amide bonds. The minimum Gasteiger partial charge on any atom is -0.506 e. The summed E-state index contributed by atoms with van der Waals surface area (Å²) < 4.78 is 0. The first kappa shape index (κ1) is 12.2. The standard InChI is InChI=1S/C12H15ClN2O2/c1-7-5-15(6-10(7)14)12(17)8-2-3-11(16)9(13)4-8/h2-4,7,10,16H,5-6,14H2,1H3. The van der Waals surface area contributed by atoms with Crippen molar-refractivity contribution in [1.29, 1.82) is 0 Å². The average molecular weight is 255 g/mol. The van der Waals surface area contributed by atoms with Crippen LogP contribution in [0.4, 0.5) is 0 Å². The number of nitrogens with zero attached hydrogens (tertiary/aromatic N) is 1. The molecule has 0 aromatic heterocycles. The van der Waals surface area contributed by atoms with Gasteiger partial charge in [0.2, 0.25) is 0 Å². The number of nitrogens with two attached hydrogens (primary N) is 1. The number of benzene rings is 1. The molecular weight excluding hydrogens is 240 g/mol. The summed E-state index contributed by atoms with van der Waals surface area (Å²) in [7, 11) is 0. The highest BCUT2D eigenvalue weighted by Crippen LogP contribution is 2.25. The topological polar surface area (TPSA) is 66.6 Å². The van der Waals surface area contributed by atoms with Crippen molar-refractivity contribution < 1.29 is 9.90 Å². The highest BCUT2D eigenvalue weighted by molar-refractivity contribution is 6.32. The van der Waals surface area contributed by atoms with E-state index in [0.29, 0.717) is 24.6 Å². The molecule has 1 saturated heterocycles. The van der Waals surface area contributed by atoms with Crippen molar-refractivity contribution in [2.24, 2.45) is 11.7 Å². The molecule has 1 aromatic rings. The van der Waals surface area contributed by atoms with Gasteiger partial charge >= 0.3 is 0 Å². The molecule has 2 atom stereocenters. The number of rotatable bonds is 1. The van der Waals surface area contributed by atoms with Gasteiger partial charge in [0.1, 0.15) is 5.75 Å². The van der Waals surface area contributed by atoms with Crippen LogP contribution in [0.3, 0.4) is 0 Å². The fourth-order valence-corrected chi connectivity index (χ4v) is 2.16. The zero-order valence-corrected chi connectivity index (χ0v) is 10.3. The molecule has 1 fully saturated rings. The quantitative estimate of drug-likeness (QED) is 0.798. The number of carbonyl (C=O) groups excluding carboxylic acids is 1. The van der Waals surface area contributed by atoms with Crippen molar-refractivity contribution in [2.45, 2.75) is 13.0 Å². The van der Waals surface area contributed by atoms with Crippen LogP contribution < -0.4 is 5.73 Å². The fraction of sp³-hybridized carbons (Fsp3) is 0.417. The van der Waals surface area contributed by atoms with Crippen LogP contribution in [-0.4, -0.2) is 35.0 Å².